The van der Waals surface area contributed by atoms with Gasteiger partial charge < -0.3 is 4.98 Å². The third kappa shape index (κ3) is 1.71. The summed E-state index contributed by atoms with van der Waals surface area (Å²) in [4.78, 5) is 7.49. The number of H-pyrrole nitrogens is 1. The van der Waals surface area contributed by atoms with Crippen LogP contribution in [-0.4, -0.2) is 9.97 Å². The zero-order valence-electron chi connectivity index (χ0n) is 10.1. The number of fused-ring (bicyclic) bond motifs is 1. The number of aromatic nitrogens is 2. The van der Waals surface area contributed by atoms with Crippen LogP contribution in [0.3, 0.4) is 0 Å². The van der Waals surface area contributed by atoms with Crippen LogP contribution in [0.1, 0.15) is 33.3 Å². The van der Waals surface area contributed by atoms with Gasteiger partial charge in [0.05, 0.1) is 5.02 Å². The van der Waals surface area contributed by atoms with Gasteiger partial charge in [-0.2, -0.15) is 0 Å². The average molecular weight is 237 g/mol. The van der Waals surface area contributed by atoms with Crippen LogP contribution in [0.2, 0.25) is 5.02 Å². The van der Waals surface area contributed by atoms with E-state index >= 15 is 0 Å². The Morgan fingerprint density at radius 3 is 2.69 bits per heavy atom. The lowest BCUT2D eigenvalue weighted by Crippen LogP contribution is -2.23. The molecule has 2 aromatic rings. The Balaban J connectivity index is 2.65. The molecule has 0 aliphatic heterocycles. The predicted octanol–water partition coefficient (Wildman–Crippen LogP) is 4.15. The normalized spacial score (nSPS) is 12.6. The Morgan fingerprint density at radius 1 is 1.38 bits per heavy atom. The Hall–Kier alpha value is -1.02. The average Bonchev–Trinajstić information content (AvgIpc) is 2.60. The van der Waals surface area contributed by atoms with Gasteiger partial charge in [-0.1, -0.05) is 39.3 Å². The Labute approximate surface area is 101 Å². The summed E-state index contributed by atoms with van der Waals surface area (Å²) in [5.74, 6) is 0.561. The van der Waals surface area contributed by atoms with Gasteiger partial charge in [-0.3, -0.25) is 0 Å². The minimum Gasteiger partial charge on any atom is -0.346 e. The summed E-state index contributed by atoms with van der Waals surface area (Å²) in [5.41, 5.74) is 2.31. The lowest BCUT2D eigenvalue weighted by molar-refractivity contribution is 0.375. The quantitative estimate of drug-likeness (QED) is 0.834. The molecule has 0 unspecified atom stereocenters. The summed E-state index contributed by atoms with van der Waals surface area (Å²) in [6.45, 7) is 8.97. The fourth-order valence-electron chi connectivity index (χ4n) is 1.82. The summed E-state index contributed by atoms with van der Waals surface area (Å²) in [6.07, 6.45) is 3.72. The van der Waals surface area contributed by atoms with Crippen LogP contribution in [0.4, 0.5) is 0 Å². The largest absolute Gasteiger partial charge is 0.346 e. The van der Waals surface area contributed by atoms with Gasteiger partial charge in [-0.15, -0.1) is 0 Å². The van der Waals surface area contributed by atoms with Crippen molar-refractivity contribution in [3.63, 3.8) is 0 Å². The molecule has 2 nitrogen and oxygen atoms in total. The molecule has 0 saturated carbocycles. The summed E-state index contributed by atoms with van der Waals surface area (Å²) in [7, 11) is 0. The maximum absolute atomic E-state index is 6.00. The fraction of sp³-hybridized carbons (Fsp3) is 0.462. The molecule has 0 radical (unpaired) electrons. The van der Waals surface area contributed by atoms with Gasteiger partial charge in [0.15, 0.2) is 0 Å². The predicted molar refractivity (Wildman–Crippen MR) is 69.0 cm³/mol. The number of hydrogen-bond donors (Lipinski definition) is 1. The Bertz CT molecular complexity index is 512. The minimum atomic E-state index is 0.116. The van der Waals surface area contributed by atoms with Crippen LogP contribution < -0.4 is 0 Å². The molecular weight excluding hydrogens is 220 g/mol. The highest BCUT2D eigenvalue weighted by molar-refractivity contribution is 6.31. The van der Waals surface area contributed by atoms with E-state index in [1.165, 1.54) is 5.56 Å². The number of aromatic amines is 1. The maximum Gasteiger partial charge on any atom is 0.137 e. The van der Waals surface area contributed by atoms with E-state index in [1.54, 1.807) is 6.20 Å². The first-order chi connectivity index (χ1) is 7.43. The summed E-state index contributed by atoms with van der Waals surface area (Å²) >= 11 is 6.00. The van der Waals surface area contributed by atoms with Crippen LogP contribution in [0.15, 0.2) is 18.5 Å². The third-order valence-corrected chi connectivity index (χ3v) is 3.84. The Morgan fingerprint density at radius 2 is 2.06 bits per heavy atom. The molecule has 0 atom stereocenters. The fourth-order valence-corrected chi connectivity index (χ4v) is 1.98. The molecular formula is C13H17ClN2. The van der Waals surface area contributed by atoms with Gasteiger partial charge in [0.2, 0.25) is 0 Å². The number of halogens is 1. The van der Waals surface area contributed by atoms with E-state index in [0.717, 1.165) is 11.0 Å². The number of pyridine rings is 1. The molecule has 0 spiro atoms. The summed E-state index contributed by atoms with van der Waals surface area (Å²) in [5, 5.41) is 1.82. The lowest BCUT2D eigenvalue weighted by atomic mass is 9.75. The molecule has 3 heteroatoms. The van der Waals surface area contributed by atoms with Gasteiger partial charge >= 0.3 is 0 Å². The van der Waals surface area contributed by atoms with Crippen molar-refractivity contribution in [1.29, 1.82) is 0 Å². The van der Waals surface area contributed by atoms with E-state index in [9.17, 15) is 0 Å². The smallest absolute Gasteiger partial charge is 0.137 e. The zero-order valence-corrected chi connectivity index (χ0v) is 10.9. The molecule has 0 saturated heterocycles. The van der Waals surface area contributed by atoms with Crippen molar-refractivity contribution in [3.8, 4) is 0 Å². The Kier molecular flexibility index (Phi) is 2.70. The molecule has 1 N–H and O–H groups in total. The molecule has 2 aromatic heterocycles. The number of rotatable bonds is 2. The first kappa shape index (κ1) is 11.5. The van der Waals surface area contributed by atoms with Gasteiger partial charge in [0.25, 0.3) is 0 Å². The van der Waals surface area contributed by atoms with Crippen LogP contribution >= 0.6 is 11.6 Å². The van der Waals surface area contributed by atoms with Crippen LogP contribution in [0.5, 0.6) is 0 Å². The molecule has 16 heavy (non-hydrogen) atoms. The van der Waals surface area contributed by atoms with E-state index in [4.69, 9.17) is 11.6 Å². The number of hydrogen-bond acceptors (Lipinski definition) is 1. The second-order valence-electron chi connectivity index (χ2n) is 5.13. The van der Waals surface area contributed by atoms with E-state index < -0.39 is 0 Å². The SMILES string of the molecule is CC(C)C(C)(C)c1c[nH]c2ncc(Cl)cc12. The minimum absolute atomic E-state index is 0.116. The van der Waals surface area contributed by atoms with Gasteiger partial charge in [0, 0.05) is 17.8 Å². The number of nitrogens with one attached hydrogen (secondary N) is 1. The van der Waals surface area contributed by atoms with E-state index in [-0.39, 0.29) is 5.41 Å². The standard InChI is InChI=1S/C13H17ClN2/c1-8(2)13(3,4)11-7-16-12-10(11)5-9(14)6-15-12/h5-8H,1-4H3,(H,15,16). The van der Waals surface area contributed by atoms with Gasteiger partial charge in [-0.25, -0.2) is 4.98 Å². The molecule has 0 amide bonds. The molecule has 0 bridgehead atoms. The molecule has 2 rings (SSSR count). The van der Waals surface area contributed by atoms with Crippen LogP contribution in [0, 0.1) is 5.92 Å². The third-order valence-electron chi connectivity index (χ3n) is 3.64. The van der Waals surface area contributed by atoms with Crippen LogP contribution in [0.25, 0.3) is 11.0 Å². The van der Waals surface area contributed by atoms with E-state index in [2.05, 4.69) is 37.7 Å². The topological polar surface area (TPSA) is 28.7 Å². The van der Waals surface area contributed by atoms with Gasteiger partial charge in [-0.05, 0) is 23.0 Å². The highest BCUT2D eigenvalue weighted by Crippen LogP contribution is 2.36. The second-order valence-corrected chi connectivity index (χ2v) is 5.56. The molecule has 0 aliphatic rings. The first-order valence-electron chi connectivity index (χ1n) is 5.56. The first-order valence-corrected chi connectivity index (χ1v) is 5.94. The highest BCUT2D eigenvalue weighted by atomic mass is 35.5. The van der Waals surface area contributed by atoms with Crippen molar-refractivity contribution in [2.75, 3.05) is 0 Å². The van der Waals surface area contributed by atoms with Crippen molar-refractivity contribution < 1.29 is 0 Å². The monoisotopic (exact) mass is 236 g/mol. The van der Waals surface area contributed by atoms with Crippen molar-refractivity contribution in [2.24, 2.45) is 5.92 Å². The lowest BCUT2D eigenvalue weighted by Gasteiger charge is -2.29. The molecule has 0 fully saturated rings. The van der Waals surface area contributed by atoms with Crippen molar-refractivity contribution in [1.82, 2.24) is 9.97 Å². The molecule has 0 aliphatic carbocycles. The summed E-state index contributed by atoms with van der Waals surface area (Å²) in [6, 6.07) is 1.99. The van der Waals surface area contributed by atoms with E-state index in [0.29, 0.717) is 10.9 Å². The van der Waals surface area contributed by atoms with Gasteiger partial charge in [0.1, 0.15) is 5.65 Å². The molecule has 0 aromatic carbocycles. The highest BCUT2D eigenvalue weighted by Gasteiger charge is 2.27. The molecule has 2 heterocycles. The van der Waals surface area contributed by atoms with E-state index in [1.807, 2.05) is 12.3 Å². The van der Waals surface area contributed by atoms with Crippen LogP contribution in [-0.2, 0) is 5.41 Å². The number of nitrogens with zero attached hydrogens (tertiary/aromatic N) is 1. The zero-order chi connectivity index (χ0) is 11.9. The second kappa shape index (κ2) is 3.77. The maximum atomic E-state index is 6.00. The van der Waals surface area contributed by atoms with Crippen molar-refractivity contribution >= 4 is 22.6 Å². The van der Waals surface area contributed by atoms with Crippen molar-refractivity contribution in [2.45, 2.75) is 33.1 Å². The molecule has 86 valence electrons. The van der Waals surface area contributed by atoms with Crippen molar-refractivity contribution in [3.05, 3.63) is 29.0 Å². The summed E-state index contributed by atoms with van der Waals surface area (Å²) < 4.78 is 0.